The van der Waals surface area contributed by atoms with Crippen LogP contribution in [0.2, 0.25) is 0 Å². The van der Waals surface area contributed by atoms with Gasteiger partial charge in [-0.05, 0) is 43.8 Å². The zero-order chi connectivity index (χ0) is 16.7. The fourth-order valence-electron chi connectivity index (χ4n) is 2.13. The maximum Gasteiger partial charge on any atom is 0.170 e. The van der Waals surface area contributed by atoms with Crippen LogP contribution in [-0.4, -0.2) is 35.7 Å². The highest BCUT2D eigenvalue weighted by atomic mass is 32.1. The normalized spacial score (nSPS) is 10.2. The molecule has 6 nitrogen and oxygen atoms in total. The number of hydrogen-bond donors (Lipinski definition) is 2. The van der Waals surface area contributed by atoms with E-state index in [1.165, 1.54) is 0 Å². The Hall–Kier alpha value is -2.28. The summed E-state index contributed by atoms with van der Waals surface area (Å²) in [7, 11) is 3.23. The van der Waals surface area contributed by atoms with Gasteiger partial charge in [-0.1, -0.05) is 0 Å². The Morgan fingerprint density at radius 2 is 2.09 bits per heavy atom. The van der Waals surface area contributed by atoms with Gasteiger partial charge in [-0.3, -0.25) is 4.68 Å². The van der Waals surface area contributed by atoms with Crippen molar-refractivity contribution in [3.05, 3.63) is 36.2 Å². The summed E-state index contributed by atoms with van der Waals surface area (Å²) in [6.45, 7) is 3.67. The summed E-state index contributed by atoms with van der Waals surface area (Å²) in [5.41, 5.74) is 1.96. The summed E-state index contributed by atoms with van der Waals surface area (Å²) in [4.78, 5) is 0. The number of thiocarbonyl (C=S) groups is 1. The van der Waals surface area contributed by atoms with Crippen LogP contribution in [0.1, 0.15) is 12.1 Å². The van der Waals surface area contributed by atoms with Gasteiger partial charge in [0, 0.05) is 31.0 Å². The summed E-state index contributed by atoms with van der Waals surface area (Å²) in [5.74, 6) is 1.42. The number of ether oxygens (including phenoxy) is 2. The predicted octanol–water partition coefficient (Wildman–Crippen LogP) is 2.59. The molecule has 0 amide bonds. The zero-order valence-corrected chi connectivity index (χ0v) is 14.4. The van der Waals surface area contributed by atoms with E-state index in [-0.39, 0.29) is 0 Å². The van der Waals surface area contributed by atoms with Crippen LogP contribution in [-0.2, 0) is 6.54 Å². The van der Waals surface area contributed by atoms with E-state index >= 15 is 0 Å². The molecule has 1 heterocycles. The van der Waals surface area contributed by atoms with Crippen molar-refractivity contribution in [2.24, 2.45) is 0 Å². The average Bonchev–Trinajstić information content (AvgIpc) is 2.97. The number of methoxy groups -OCH3 is 2. The van der Waals surface area contributed by atoms with Crippen LogP contribution < -0.4 is 20.1 Å². The molecule has 0 bridgehead atoms. The van der Waals surface area contributed by atoms with Crippen molar-refractivity contribution in [1.82, 2.24) is 15.1 Å². The van der Waals surface area contributed by atoms with Gasteiger partial charge >= 0.3 is 0 Å². The first-order valence-electron chi connectivity index (χ1n) is 7.39. The second kappa shape index (κ2) is 8.38. The van der Waals surface area contributed by atoms with E-state index in [0.29, 0.717) is 10.9 Å². The van der Waals surface area contributed by atoms with Gasteiger partial charge in [0.05, 0.1) is 19.9 Å². The van der Waals surface area contributed by atoms with E-state index in [1.54, 1.807) is 14.2 Å². The highest BCUT2D eigenvalue weighted by Gasteiger charge is 2.06. The second-order valence-electron chi connectivity index (χ2n) is 5.00. The molecule has 2 aromatic rings. The molecule has 1 aromatic carbocycles. The van der Waals surface area contributed by atoms with Gasteiger partial charge < -0.3 is 20.1 Å². The number of hydrogen-bond acceptors (Lipinski definition) is 4. The summed E-state index contributed by atoms with van der Waals surface area (Å²) in [6, 6.07) is 7.54. The SMILES string of the molecule is COc1ccc(NC(=S)NCCCn2nccc2C)c(OC)c1. The third-order valence-electron chi connectivity index (χ3n) is 3.42. The standard InChI is InChI=1S/C16H22N4O2S/c1-12-7-9-18-20(12)10-4-8-17-16(23)19-14-6-5-13(21-2)11-15(14)22-3/h5-7,9,11H,4,8,10H2,1-3H3,(H2,17,19,23). The molecule has 0 aliphatic carbocycles. The molecular formula is C16H22N4O2S. The van der Waals surface area contributed by atoms with E-state index in [0.717, 1.165) is 36.6 Å². The molecule has 124 valence electrons. The zero-order valence-electron chi connectivity index (χ0n) is 13.6. The Balaban J connectivity index is 1.79. The van der Waals surface area contributed by atoms with Crippen molar-refractivity contribution in [3.63, 3.8) is 0 Å². The van der Waals surface area contributed by atoms with E-state index < -0.39 is 0 Å². The molecule has 2 rings (SSSR count). The van der Waals surface area contributed by atoms with Crippen molar-refractivity contribution in [1.29, 1.82) is 0 Å². The smallest absolute Gasteiger partial charge is 0.170 e. The summed E-state index contributed by atoms with van der Waals surface area (Å²) < 4.78 is 12.5. The van der Waals surface area contributed by atoms with Gasteiger partial charge in [-0.2, -0.15) is 5.10 Å². The molecule has 0 aliphatic heterocycles. The largest absolute Gasteiger partial charge is 0.497 e. The van der Waals surface area contributed by atoms with Crippen LogP contribution in [0.25, 0.3) is 0 Å². The molecule has 7 heteroatoms. The van der Waals surface area contributed by atoms with Crippen LogP contribution in [0.4, 0.5) is 5.69 Å². The number of aryl methyl sites for hydroxylation is 2. The van der Waals surface area contributed by atoms with Crippen LogP contribution in [0, 0.1) is 6.92 Å². The van der Waals surface area contributed by atoms with Crippen LogP contribution in [0.5, 0.6) is 11.5 Å². The minimum atomic E-state index is 0.561. The molecule has 0 saturated carbocycles. The molecule has 0 unspecified atom stereocenters. The molecule has 0 spiro atoms. The van der Waals surface area contributed by atoms with Crippen molar-refractivity contribution in [2.45, 2.75) is 19.9 Å². The van der Waals surface area contributed by atoms with E-state index in [9.17, 15) is 0 Å². The summed E-state index contributed by atoms with van der Waals surface area (Å²) in [5, 5.41) is 11.1. The molecule has 0 fully saturated rings. The monoisotopic (exact) mass is 334 g/mol. The highest BCUT2D eigenvalue weighted by molar-refractivity contribution is 7.80. The van der Waals surface area contributed by atoms with E-state index in [4.69, 9.17) is 21.7 Å². The predicted molar refractivity (Wildman–Crippen MR) is 95.4 cm³/mol. The maximum atomic E-state index is 5.33. The topological polar surface area (TPSA) is 60.3 Å². The lowest BCUT2D eigenvalue weighted by molar-refractivity contribution is 0.395. The number of benzene rings is 1. The Labute approximate surface area is 141 Å². The minimum absolute atomic E-state index is 0.561. The Morgan fingerprint density at radius 1 is 1.26 bits per heavy atom. The van der Waals surface area contributed by atoms with Crippen molar-refractivity contribution >= 4 is 23.0 Å². The van der Waals surface area contributed by atoms with Gasteiger partial charge in [-0.15, -0.1) is 0 Å². The summed E-state index contributed by atoms with van der Waals surface area (Å²) >= 11 is 5.31. The molecule has 0 atom stereocenters. The van der Waals surface area contributed by atoms with Gasteiger partial charge in [0.25, 0.3) is 0 Å². The number of aromatic nitrogens is 2. The Kier molecular flexibility index (Phi) is 6.22. The van der Waals surface area contributed by atoms with Crippen LogP contribution in [0.3, 0.4) is 0 Å². The Bertz CT molecular complexity index is 657. The molecule has 0 aliphatic rings. The van der Waals surface area contributed by atoms with Crippen molar-refractivity contribution < 1.29 is 9.47 Å². The first-order chi connectivity index (χ1) is 11.1. The molecule has 23 heavy (non-hydrogen) atoms. The number of nitrogens with one attached hydrogen (secondary N) is 2. The third-order valence-corrected chi connectivity index (χ3v) is 3.66. The first-order valence-corrected chi connectivity index (χ1v) is 7.80. The van der Waals surface area contributed by atoms with Gasteiger partial charge in [-0.25, -0.2) is 0 Å². The number of nitrogens with zero attached hydrogens (tertiary/aromatic N) is 2. The fourth-order valence-corrected chi connectivity index (χ4v) is 2.34. The van der Waals surface area contributed by atoms with E-state index in [1.807, 2.05) is 42.1 Å². The van der Waals surface area contributed by atoms with Crippen LogP contribution in [0.15, 0.2) is 30.5 Å². The summed E-state index contributed by atoms with van der Waals surface area (Å²) in [6.07, 6.45) is 2.75. The molecular weight excluding hydrogens is 312 g/mol. The van der Waals surface area contributed by atoms with Gasteiger partial charge in [0.15, 0.2) is 5.11 Å². The first kappa shape index (κ1) is 17.1. The van der Waals surface area contributed by atoms with E-state index in [2.05, 4.69) is 15.7 Å². The van der Waals surface area contributed by atoms with Gasteiger partial charge in [0.2, 0.25) is 0 Å². The average molecular weight is 334 g/mol. The number of anilines is 1. The quantitative estimate of drug-likeness (QED) is 0.599. The lowest BCUT2D eigenvalue weighted by atomic mass is 10.2. The lowest BCUT2D eigenvalue weighted by Crippen LogP contribution is -2.30. The fraction of sp³-hybridized carbons (Fsp3) is 0.375. The minimum Gasteiger partial charge on any atom is -0.497 e. The molecule has 1 aromatic heterocycles. The second-order valence-corrected chi connectivity index (χ2v) is 5.40. The van der Waals surface area contributed by atoms with Crippen molar-refractivity contribution in [3.8, 4) is 11.5 Å². The Morgan fingerprint density at radius 3 is 2.74 bits per heavy atom. The van der Waals surface area contributed by atoms with Gasteiger partial charge in [0.1, 0.15) is 11.5 Å². The molecule has 0 saturated heterocycles. The van der Waals surface area contributed by atoms with Crippen LogP contribution >= 0.6 is 12.2 Å². The maximum absolute atomic E-state index is 5.33. The molecule has 2 N–H and O–H groups in total. The highest BCUT2D eigenvalue weighted by Crippen LogP contribution is 2.28. The molecule has 0 radical (unpaired) electrons. The lowest BCUT2D eigenvalue weighted by Gasteiger charge is -2.14. The van der Waals surface area contributed by atoms with Crippen molar-refractivity contribution in [2.75, 3.05) is 26.1 Å². The third kappa shape index (κ3) is 4.85. The number of rotatable bonds is 7.